The number of anilines is 1. The number of rotatable bonds is 4. The molecule has 0 unspecified atom stereocenters. The van der Waals surface area contributed by atoms with Gasteiger partial charge in [0.25, 0.3) is 0 Å². The SMILES string of the molecule is O=C(Cc1ccccc1)N1CCC([NH+]2CCN(c3ccccc3F)CC2)CC1. The van der Waals surface area contributed by atoms with Crippen LogP contribution in [0.1, 0.15) is 18.4 Å². The standard InChI is InChI=1S/C23H28FN3O/c24-21-8-4-5-9-22(21)26-16-14-25(15-17-26)20-10-12-27(13-11-20)23(28)18-19-6-2-1-3-7-19/h1-9,20H,10-18H2/p+1. The number of hydrogen-bond acceptors (Lipinski definition) is 2. The third-order valence-electron chi connectivity index (χ3n) is 6.22. The van der Waals surface area contributed by atoms with E-state index in [0.717, 1.165) is 63.4 Å². The van der Waals surface area contributed by atoms with E-state index in [-0.39, 0.29) is 11.7 Å². The minimum absolute atomic E-state index is 0.129. The van der Waals surface area contributed by atoms with Gasteiger partial charge in [0.2, 0.25) is 5.91 Å². The zero-order valence-corrected chi connectivity index (χ0v) is 16.3. The summed E-state index contributed by atoms with van der Waals surface area (Å²) in [5.74, 6) is 0.111. The van der Waals surface area contributed by atoms with Crippen molar-refractivity contribution in [3.05, 3.63) is 66.0 Å². The Balaban J connectivity index is 1.25. The number of nitrogens with one attached hydrogen (secondary N) is 1. The first-order valence-electron chi connectivity index (χ1n) is 10.4. The molecule has 0 radical (unpaired) electrons. The number of nitrogens with zero attached hydrogens (tertiary/aromatic N) is 2. The van der Waals surface area contributed by atoms with Crippen molar-refractivity contribution in [1.82, 2.24) is 4.90 Å². The number of hydrogen-bond donors (Lipinski definition) is 1. The summed E-state index contributed by atoms with van der Waals surface area (Å²) in [6, 6.07) is 17.7. The summed E-state index contributed by atoms with van der Waals surface area (Å²) in [6.07, 6.45) is 2.63. The van der Waals surface area contributed by atoms with Crippen molar-refractivity contribution >= 4 is 11.6 Å². The van der Waals surface area contributed by atoms with Crippen LogP contribution in [0.4, 0.5) is 10.1 Å². The Hall–Kier alpha value is -2.40. The Labute approximate surface area is 166 Å². The van der Waals surface area contributed by atoms with E-state index < -0.39 is 0 Å². The molecule has 1 amide bonds. The molecule has 0 aromatic heterocycles. The van der Waals surface area contributed by atoms with Gasteiger partial charge >= 0.3 is 0 Å². The smallest absolute Gasteiger partial charge is 0.226 e. The van der Waals surface area contributed by atoms with Gasteiger partial charge in [-0.25, -0.2) is 4.39 Å². The lowest BCUT2D eigenvalue weighted by atomic mass is 10.0. The van der Waals surface area contributed by atoms with Crippen LogP contribution in [0.2, 0.25) is 0 Å². The van der Waals surface area contributed by atoms with E-state index in [1.807, 2.05) is 47.4 Å². The number of halogens is 1. The van der Waals surface area contributed by atoms with Crippen LogP contribution in [0, 0.1) is 5.82 Å². The quantitative estimate of drug-likeness (QED) is 0.873. The number of piperazine rings is 1. The van der Waals surface area contributed by atoms with E-state index in [2.05, 4.69) is 4.90 Å². The van der Waals surface area contributed by atoms with Crippen LogP contribution >= 0.6 is 0 Å². The maximum atomic E-state index is 14.0. The average Bonchev–Trinajstić information content (AvgIpc) is 2.75. The lowest BCUT2D eigenvalue weighted by Gasteiger charge is -2.41. The molecular formula is C23H29FN3O+. The van der Waals surface area contributed by atoms with Crippen LogP contribution in [0.3, 0.4) is 0 Å². The molecule has 4 rings (SSSR count). The normalized spacial score (nSPS) is 19.0. The van der Waals surface area contributed by atoms with Gasteiger partial charge in [0.15, 0.2) is 0 Å². The summed E-state index contributed by atoms with van der Waals surface area (Å²) in [5.41, 5.74) is 1.81. The first-order chi connectivity index (χ1) is 13.7. The molecule has 0 saturated carbocycles. The van der Waals surface area contributed by atoms with Crippen molar-refractivity contribution in [2.75, 3.05) is 44.2 Å². The highest BCUT2D eigenvalue weighted by molar-refractivity contribution is 5.78. The molecule has 5 heteroatoms. The summed E-state index contributed by atoms with van der Waals surface area (Å²) in [5, 5.41) is 0. The van der Waals surface area contributed by atoms with Crippen molar-refractivity contribution in [3.63, 3.8) is 0 Å². The van der Waals surface area contributed by atoms with E-state index in [1.54, 1.807) is 11.0 Å². The number of piperidine rings is 1. The highest BCUT2D eigenvalue weighted by atomic mass is 19.1. The lowest BCUT2D eigenvalue weighted by molar-refractivity contribution is -0.927. The molecule has 2 aliphatic heterocycles. The van der Waals surface area contributed by atoms with E-state index >= 15 is 0 Å². The van der Waals surface area contributed by atoms with E-state index in [9.17, 15) is 9.18 Å². The molecule has 148 valence electrons. The Morgan fingerprint density at radius 2 is 1.57 bits per heavy atom. The van der Waals surface area contributed by atoms with Gasteiger partial charge in [-0.3, -0.25) is 4.79 Å². The summed E-state index contributed by atoms with van der Waals surface area (Å²) in [4.78, 5) is 18.4. The van der Waals surface area contributed by atoms with Gasteiger partial charge in [-0.15, -0.1) is 0 Å². The Kier molecular flexibility index (Phi) is 5.91. The first-order valence-corrected chi connectivity index (χ1v) is 10.4. The van der Waals surface area contributed by atoms with Crippen molar-refractivity contribution in [3.8, 4) is 0 Å². The van der Waals surface area contributed by atoms with Crippen LogP contribution < -0.4 is 9.80 Å². The van der Waals surface area contributed by atoms with Crippen LogP contribution in [-0.4, -0.2) is 56.1 Å². The van der Waals surface area contributed by atoms with Gasteiger partial charge in [-0.1, -0.05) is 42.5 Å². The molecule has 4 nitrogen and oxygen atoms in total. The molecule has 2 aromatic rings. The number of likely N-dealkylation sites (tertiary alicyclic amines) is 1. The molecule has 2 saturated heterocycles. The summed E-state index contributed by atoms with van der Waals surface area (Å²) >= 11 is 0. The predicted octanol–water partition coefficient (Wildman–Crippen LogP) is 1.76. The van der Waals surface area contributed by atoms with Crippen molar-refractivity contribution < 1.29 is 14.1 Å². The molecule has 28 heavy (non-hydrogen) atoms. The van der Waals surface area contributed by atoms with Crippen LogP contribution in [-0.2, 0) is 11.2 Å². The van der Waals surface area contributed by atoms with Crippen molar-refractivity contribution in [2.24, 2.45) is 0 Å². The Morgan fingerprint density at radius 1 is 0.929 bits per heavy atom. The van der Waals surface area contributed by atoms with Gasteiger partial charge in [0.1, 0.15) is 5.82 Å². The number of carbonyl (C=O) groups excluding carboxylic acids is 1. The molecule has 2 fully saturated rings. The number of quaternary nitrogens is 1. The third-order valence-corrected chi connectivity index (χ3v) is 6.22. The molecular weight excluding hydrogens is 353 g/mol. The molecule has 1 N–H and O–H groups in total. The van der Waals surface area contributed by atoms with Crippen LogP contribution in [0.25, 0.3) is 0 Å². The molecule has 2 aromatic carbocycles. The van der Waals surface area contributed by atoms with Gasteiger partial charge in [-0.05, 0) is 17.7 Å². The average molecular weight is 383 g/mol. The van der Waals surface area contributed by atoms with Gasteiger partial charge < -0.3 is 14.7 Å². The summed E-state index contributed by atoms with van der Waals surface area (Å²) in [6.45, 7) is 5.58. The number of carbonyl (C=O) groups is 1. The minimum Gasteiger partial charge on any atom is -0.358 e. The van der Waals surface area contributed by atoms with Crippen LogP contribution in [0.5, 0.6) is 0 Å². The topological polar surface area (TPSA) is 28.0 Å². The molecule has 2 heterocycles. The molecule has 0 atom stereocenters. The molecule has 2 aliphatic rings. The highest BCUT2D eigenvalue weighted by Gasteiger charge is 2.32. The van der Waals surface area contributed by atoms with Gasteiger partial charge in [0.05, 0.1) is 44.3 Å². The minimum atomic E-state index is -0.129. The maximum Gasteiger partial charge on any atom is 0.226 e. The number of benzene rings is 2. The van der Waals surface area contributed by atoms with E-state index in [1.165, 1.54) is 6.07 Å². The van der Waals surface area contributed by atoms with Crippen LogP contribution in [0.15, 0.2) is 54.6 Å². The second kappa shape index (κ2) is 8.74. The van der Waals surface area contributed by atoms with Gasteiger partial charge in [-0.2, -0.15) is 0 Å². The zero-order valence-electron chi connectivity index (χ0n) is 16.3. The van der Waals surface area contributed by atoms with E-state index in [0.29, 0.717) is 12.5 Å². The van der Waals surface area contributed by atoms with E-state index in [4.69, 9.17) is 0 Å². The number of para-hydroxylation sites is 1. The molecule has 0 aliphatic carbocycles. The predicted molar refractivity (Wildman–Crippen MR) is 109 cm³/mol. The molecule has 0 bridgehead atoms. The Morgan fingerprint density at radius 3 is 2.25 bits per heavy atom. The van der Waals surface area contributed by atoms with Gasteiger partial charge in [0, 0.05) is 25.9 Å². The fraction of sp³-hybridized carbons (Fsp3) is 0.435. The fourth-order valence-electron chi connectivity index (χ4n) is 4.57. The summed E-state index contributed by atoms with van der Waals surface area (Å²) < 4.78 is 14.0. The largest absolute Gasteiger partial charge is 0.358 e. The third kappa shape index (κ3) is 4.36. The zero-order chi connectivity index (χ0) is 19.3. The monoisotopic (exact) mass is 382 g/mol. The fourth-order valence-corrected chi connectivity index (χ4v) is 4.57. The Bertz CT molecular complexity index is 781. The molecule has 0 spiro atoms. The lowest BCUT2D eigenvalue weighted by Crippen LogP contribution is -3.18. The first kappa shape index (κ1) is 18.9. The second-order valence-corrected chi connectivity index (χ2v) is 7.91. The summed E-state index contributed by atoms with van der Waals surface area (Å²) in [7, 11) is 0. The highest BCUT2D eigenvalue weighted by Crippen LogP contribution is 2.18. The number of amides is 1. The van der Waals surface area contributed by atoms with Crippen molar-refractivity contribution in [2.45, 2.75) is 25.3 Å². The maximum absolute atomic E-state index is 14.0. The van der Waals surface area contributed by atoms with Crippen molar-refractivity contribution in [1.29, 1.82) is 0 Å². The second-order valence-electron chi connectivity index (χ2n) is 7.91.